The van der Waals surface area contributed by atoms with Crippen LogP contribution in [0.4, 0.5) is 0 Å². The SMILES string of the molecule is CCN(CC(C)(O)C(=O)OC)C1CCCCC1. The number of ether oxygens (including phenoxy) is 1. The molecule has 1 atom stereocenters. The van der Waals surface area contributed by atoms with Gasteiger partial charge in [-0.15, -0.1) is 0 Å². The maximum Gasteiger partial charge on any atom is 0.338 e. The molecule has 4 heteroatoms. The van der Waals surface area contributed by atoms with Crippen LogP contribution in [-0.4, -0.2) is 47.8 Å². The van der Waals surface area contributed by atoms with Gasteiger partial charge in [0.2, 0.25) is 0 Å². The zero-order valence-corrected chi connectivity index (χ0v) is 11.2. The Morgan fingerprint density at radius 2 is 2.00 bits per heavy atom. The van der Waals surface area contributed by atoms with Crippen LogP contribution in [0.15, 0.2) is 0 Å². The van der Waals surface area contributed by atoms with E-state index in [4.69, 9.17) is 0 Å². The molecule has 0 aromatic heterocycles. The van der Waals surface area contributed by atoms with Gasteiger partial charge < -0.3 is 9.84 Å². The summed E-state index contributed by atoms with van der Waals surface area (Å²) in [5, 5.41) is 10.1. The Hall–Kier alpha value is -0.610. The van der Waals surface area contributed by atoms with Gasteiger partial charge in [-0.05, 0) is 26.3 Å². The molecule has 0 heterocycles. The van der Waals surface area contributed by atoms with Crippen molar-refractivity contribution in [1.29, 1.82) is 0 Å². The number of methoxy groups -OCH3 is 1. The Morgan fingerprint density at radius 1 is 1.41 bits per heavy atom. The summed E-state index contributed by atoms with van der Waals surface area (Å²) in [7, 11) is 1.31. The third-order valence-electron chi connectivity index (χ3n) is 3.63. The average molecular weight is 243 g/mol. The van der Waals surface area contributed by atoms with Gasteiger partial charge in [-0.2, -0.15) is 0 Å². The molecule has 0 saturated heterocycles. The molecule has 1 unspecified atom stereocenters. The number of aliphatic hydroxyl groups is 1. The molecule has 1 rings (SSSR count). The molecular weight excluding hydrogens is 218 g/mol. The summed E-state index contributed by atoms with van der Waals surface area (Å²) < 4.78 is 4.63. The van der Waals surface area contributed by atoms with Gasteiger partial charge >= 0.3 is 5.97 Å². The number of likely N-dealkylation sites (N-methyl/N-ethyl adjacent to an activating group) is 1. The number of carbonyl (C=O) groups excluding carboxylic acids is 1. The van der Waals surface area contributed by atoms with Crippen molar-refractivity contribution in [2.45, 2.75) is 57.6 Å². The Balaban J connectivity index is 2.58. The molecule has 1 saturated carbocycles. The van der Waals surface area contributed by atoms with E-state index in [1.54, 1.807) is 0 Å². The molecule has 0 aliphatic heterocycles. The summed E-state index contributed by atoms with van der Waals surface area (Å²) in [5.74, 6) is -0.549. The highest BCUT2D eigenvalue weighted by molar-refractivity contribution is 5.78. The van der Waals surface area contributed by atoms with E-state index in [0.717, 1.165) is 6.54 Å². The largest absolute Gasteiger partial charge is 0.467 e. The first-order valence-electron chi connectivity index (χ1n) is 6.56. The van der Waals surface area contributed by atoms with E-state index < -0.39 is 11.6 Å². The first kappa shape index (κ1) is 14.5. The molecular formula is C13H25NO3. The van der Waals surface area contributed by atoms with Gasteiger partial charge in [0.25, 0.3) is 0 Å². The Morgan fingerprint density at radius 3 is 2.47 bits per heavy atom. The summed E-state index contributed by atoms with van der Waals surface area (Å²) in [5.41, 5.74) is -1.40. The second kappa shape index (κ2) is 6.36. The maximum atomic E-state index is 11.5. The third-order valence-corrected chi connectivity index (χ3v) is 3.63. The van der Waals surface area contributed by atoms with Crippen LogP contribution < -0.4 is 0 Å². The fourth-order valence-electron chi connectivity index (χ4n) is 2.63. The number of esters is 1. The Labute approximate surface area is 104 Å². The van der Waals surface area contributed by atoms with Crippen molar-refractivity contribution in [1.82, 2.24) is 4.90 Å². The fourth-order valence-corrected chi connectivity index (χ4v) is 2.63. The highest BCUT2D eigenvalue weighted by Gasteiger charge is 2.35. The molecule has 1 N–H and O–H groups in total. The predicted molar refractivity (Wildman–Crippen MR) is 66.8 cm³/mol. The van der Waals surface area contributed by atoms with Crippen LogP contribution in [-0.2, 0) is 9.53 Å². The van der Waals surface area contributed by atoms with E-state index in [-0.39, 0.29) is 0 Å². The van der Waals surface area contributed by atoms with E-state index in [1.165, 1.54) is 46.1 Å². The maximum absolute atomic E-state index is 11.5. The minimum absolute atomic E-state index is 0.362. The first-order chi connectivity index (χ1) is 8.01. The van der Waals surface area contributed by atoms with Crippen molar-refractivity contribution in [2.24, 2.45) is 0 Å². The van der Waals surface area contributed by atoms with Gasteiger partial charge in [0.1, 0.15) is 0 Å². The summed E-state index contributed by atoms with van der Waals surface area (Å²) >= 11 is 0. The summed E-state index contributed by atoms with van der Waals surface area (Å²) in [6, 6.07) is 0.505. The zero-order valence-electron chi connectivity index (χ0n) is 11.2. The van der Waals surface area contributed by atoms with E-state index in [1.807, 2.05) is 0 Å². The Bertz CT molecular complexity index is 247. The van der Waals surface area contributed by atoms with Gasteiger partial charge in [-0.3, -0.25) is 4.90 Å². The van der Waals surface area contributed by atoms with Crippen LogP contribution in [0.3, 0.4) is 0 Å². The van der Waals surface area contributed by atoms with Crippen LogP contribution in [0.1, 0.15) is 46.0 Å². The molecule has 0 aromatic rings. The number of hydrogen-bond donors (Lipinski definition) is 1. The van der Waals surface area contributed by atoms with Gasteiger partial charge in [-0.1, -0.05) is 26.2 Å². The molecule has 0 amide bonds. The topological polar surface area (TPSA) is 49.8 Å². The second-order valence-electron chi connectivity index (χ2n) is 5.12. The fraction of sp³-hybridized carbons (Fsp3) is 0.923. The summed E-state index contributed by atoms with van der Waals surface area (Å²) in [6.07, 6.45) is 6.15. The van der Waals surface area contributed by atoms with E-state index >= 15 is 0 Å². The molecule has 0 radical (unpaired) electrons. The number of rotatable bonds is 5. The zero-order chi connectivity index (χ0) is 12.9. The van der Waals surface area contributed by atoms with Crippen LogP contribution in [0.2, 0.25) is 0 Å². The van der Waals surface area contributed by atoms with Gasteiger partial charge in [0.05, 0.1) is 7.11 Å². The monoisotopic (exact) mass is 243 g/mol. The van der Waals surface area contributed by atoms with Crippen LogP contribution in [0, 0.1) is 0 Å². The number of hydrogen-bond acceptors (Lipinski definition) is 4. The van der Waals surface area contributed by atoms with E-state index in [2.05, 4.69) is 16.6 Å². The molecule has 1 aliphatic carbocycles. The van der Waals surface area contributed by atoms with E-state index in [0.29, 0.717) is 12.6 Å². The van der Waals surface area contributed by atoms with Gasteiger partial charge in [-0.25, -0.2) is 4.79 Å². The lowest BCUT2D eigenvalue weighted by Crippen LogP contribution is -2.50. The quantitative estimate of drug-likeness (QED) is 0.745. The van der Waals surface area contributed by atoms with Crippen LogP contribution in [0.25, 0.3) is 0 Å². The minimum Gasteiger partial charge on any atom is -0.467 e. The highest BCUT2D eigenvalue weighted by atomic mass is 16.5. The van der Waals surface area contributed by atoms with Crippen molar-refractivity contribution in [3.63, 3.8) is 0 Å². The van der Waals surface area contributed by atoms with Crippen molar-refractivity contribution >= 4 is 5.97 Å². The standard InChI is InChI=1S/C13H25NO3/c1-4-14(11-8-6-5-7-9-11)10-13(2,16)12(15)17-3/h11,16H,4-10H2,1-3H3. The lowest BCUT2D eigenvalue weighted by atomic mass is 9.93. The molecule has 17 heavy (non-hydrogen) atoms. The smallest absolute Gasteiger partial charge is 0.338 e. The average Bonchev–Trinajstić information content (AvgIpc) is 2.36. The molecule has 0 bridgehead atoms. The third kappa shape index (κ3) is 3.96. The second-order valence-corrected chi connectivity index (χ2v) is 5.12. The van der Waals surface area contributed by atoms with Crippen molar-refractivity contribution in [3.05, 3.63) is 0 Å². The molecule has 100 valence electrons. The number of nitrogens with zero attached hydrogens (tertiary/aromatic N) is 1. The van der Waals surface area contributed by atoms with Crippen molar-refractivity contribution < 1.29 is 14.6 Å². The molecule has 4 nitrogen and oxygen atoms in total. The molecule has 1 aliphatic rings. The van der Waals surface area contributed by atoms with Gasteiger partial charge in [0.15, 0.2) is 5.60 Å². The summed E-state index contributed by atoms with van der Waals surface area (Å²) in [4.78, 5) is 13.7. The number of carbonyl (C=O) groups is 1. The highest BCUT2D eigenvalue weighted by Crippen LogP contribution is 2.24. The predicted octanol–water partition coefficient (Wildman–Crippen LogP) is 1.56. The lowest BCUT2D eigenvalue weighted by Gasteiger charge is -2.37. The summed E-state index contributed by atoms with van der Waals surface area (Å²) in [6.45, 7) is 4.82. The lowest BCUT2D eigenvalue weighted by molar-refractivity contribution is -0.163. The molecule has 0 aromatic carbocycles. The van der Waals surface area contributed by atoms with Crippen molar-refractivity contribution in [3.8, 4) is 0 Å². The molecule has 1 fully saturated rings. The minimum atomic E-state index is -1.40. The van der Waals surface area contributed by atoms with Crippen LogP contribution >= 0.6 is 0 Å². The molecule has 0 spiro atoms. The normalized spacial score (nSPS) is 21.2. The van der Waals surface area contributed by atoms with Gasteiger partial charge in [0, 0.05) is 12.6 Å². The van der Waals surface area contributed by atoms with E-state index in [9.17, 15) is 9.90 Å². The Kier molecular flexibility index (Phi) is 5.40. The first-order valence-corrected chi connectivity index (χ1v) is 6.56. The van der Waals surface area contributed by atoms with Crippen LogP contribution in [0.5, 0.6) is 0 Å². The van der Waals surface area contributed by atoms with Crippen molar-refractivity contribution in [2.75, 3.05) is 20.2 Å².